The van der Waals surface area contributed by atoms with Gasteiger partial charge in [-0.3, -0.25) is 0 Å². The smallest absolute Gasteiger partial charge is 0.335 e. The maximum Gasteiger partial charge on any atom is 0.335 e. The molecule has 1 aliphatic rings. The van der Waals surface area contributed by atoms with E-state index in [0.29, 0.717) is 6.04 Å². The van der Waals surface area contributed by atoms with E-state index in [2.05, 4.69) is 22.3 Å². The number of nitrogens with zero attached hydrogens (tertiary/aromatic N) is 4. The molecule has 0 unspecified atom stereocenters. The SMILES string of the molecule is CN1CCC(n2nnc3ccc(C(=O)O)cc32)CC1. The van der Waals surface area contributed by atoms with Gasteiger partial charge in [0.2, 0.25) is 0 Å². The van der Waals surface area contributed by atoms with Crippen molar-refractivity contribution in [1.82, 2.24) is 19.9 Å². The molecule has 3 rings (SSSR count). The molecule has 6 heteroatoms. The molecule has 1 fully saturated rings. The fourth-order valence-electron chi connectivity index (χ4n) is 2.58. The van der Waals surface area contributed by atoms with E-state index in [4.69, 9.17) is 5.11 Å². The molecule has 0 saturated carbocycles. The van der Waals surface area contributed by atoms with E-state index in [0.717, 1.165) is 37.0 Å². The molecule has 0 bridgehead atoms. The summed E-state index contributed by atoms with van der Waals surface area (Å²) >= 11 is 0. The predicted octanol–water partition coefficient (Wildman–Crippen LogP) is 1.40. The molecule has 0 amide bonds. The number of fused-ring (bicyclic) bond motifs is 1. The summed E-state index contributed by atoms with van der Waals surface area (Å²) < 4.78 is 1.88. The first-order chi connectivity index (χ1) is 9.15. The summed E-state index contributed by atoms with van der Waals surface area (Å²) in [4.78, 5) is 13.3. The van der Waals surface area contributed by atoms with Crippen LogP contribution >= 0.6 is 0 Å². The molecule has 1 aliphatic heterocycles. The second-order valence-corrected chi connectivity index (χ2v) is 5.08. The standard InChI is InChI=1S/C13H16N4O2/c1-16-6-4-10(5-7-16)17-12-8-9(13(18)19)2-3-11(12)14-15-17/h2-3,8,10H,4-7H2,1H3,(H,18,19). The Balaban J connectivity index is 1.99. The Labute approximate surface area is 110 Å². The summed E-state index contributed by atoms with van der Waals surface area (Å²) in [6.45, 7) is 2.06. The average molecular weight is 260 g/mol. The second kappa shape index (κ2) is 4.62. The number of piperidine rings is 1. The molecule has 0 radical (unpaired) electrons. The lowest BCUT2D eigenvalue weighted by Gasteiger charge is -2.29. The van der Waals surface area contributed by atoms with Gasteiger partial charge in [0.1, 0.15) is 5.52 Å². The molecule has 0 aliphatic carbocycles. The maximum absolute atomic E-state index is 11.0. The van der Waals surface area contributed by atoms with Crippen molar-refractivity contribution < 1.29 is 9.90 Å². The maximum atomic E-state index is 11.0. The van der Waals surface area contributed by atoms with E-state index < -0.39 is 5.97 Å². The number of aromatic carboxylic acids is 1. The summed E-state index contributed by atoms with van der Waals surface area (Å²) in [5.74, 6) is -0.918. The molecule has 1 aromatic heterocycles. The molecule has 19 heavy (non-hydrogen) atoms. The number of benzene rings is 1. The topological polar surface area (TPSA) is 71.2 Å². The normalized spacial score (nSPS) is 17.9. The molecular formula is C13H16N4O2. The Morgan fingerprint density at radius 3 is 2.79 bits per heavy atom. The van der Waals surface area contributed by atoms with Crippen molar-refractivity contribution in [2.45, 2.75) is 18.9 Å². The summed E-state index contributed by atoms with van der Waals surface area (Å²) in [5.41, 5.74) is 1.85. The van der Waals surface area contributed by atoms with Crippen molar-refractivity contribution in [3.8, 4) is 0 Å². The quantitative estimate of drug-likeness (QED) is 0.883. The summed E-state index contributed by atoms with van der Waals surface area (Å²) in [7, 11) is 2.11. The first-order valence-corrected chi connectivity index (χ1v) is 6.42. The van der Waals surface area contributed by atoms with Gasteiger partial charge >= 0.3 is 5.97 Å². The number of hydrogen-bond acceptors (Lipinski definition) is 4. The minimum Gasteiger partial charge on any atom is -0.478 e. The van der Waals surface area contributed by atoms with E-state index >= 15 is 0 Å². The van der Waals surface area contributed by atoms with Gasteiger partial charge < -0.3 is 10.0 Å². The van der Waals surface area contributed by atoms with Crippen LogP contribution in [0.2, 0.25) is 0 Å². The lowest BCUT2D eigenvalue weighted by molar-refractivity contribution is 0.0697. The highest BCUT2D eigenvalue weighted by Gasteiger charge is 2.21. The number of likely N-dealkylation sites (tertiary alicyclic amines) is 1. The molecule has 100 valence electrons. The van der Waals surface area contributed by atoms with Crippen LogP contribution < -0.4 is 0 Å². The van der Waals surface area contributed by atoms with Gasteiger partial charge in [-0.1, -0.05) is 5.21 Å². The van der Waals surface area contributed by atoms with Gasteiger partial charge in [-0.25, -0.2) is 9.48 Å². The summed E-state index contributed by atoms with van der Waals surface area (Å²) in [6.07, 6.45) is 2.04. The third kappa shape index (κ3) is 2.19. The number of carboxylic acids is 1. The number of carboxylic acid groups (broad SMARTS) is 1. The first kappa shape index (κ1) is 12.1. The third-order valence-electron chi connectivity index (χ3n) is 3.75. The van der Waals surface area contributed by atoms with Crippen LogP contribution in [0.5, 0.6) is 0 Å². The van der Waals surface area contributed by atoms with Crippen molar-refractivity contribution in [2.75, 3.05) is 20.1 Å². The Kier molecular flexibility index (Phi) is 2.94. The summed E-state index contributed by atoms with van der Waals surface area (Å²) in [5, 5.41) is 17.4. The van der Waals surface area contributed by atoms with Gasteiger partial charge in [0.15, 0.2) is 0 Å². The Morgan fingerprint density at radius 2 is 2.11 bits per heavy atom. The largest absolute Gasteiger partial charge is 0.478 e. The van der Waals surface area contributed by atoms with Crippen LogP contribution in [0.3, 0.4) is 0 Å². The minimum absolute atomic E-state index is 0.281. The highest BCUT2D eigenvalue weighted by molar-refractivity contribution is 5.92. The molecular weight excluding hydrogens is 244 g/mol. The Bertz CT molecular complexity index is 614. The molecule has 2 aromatic rings. The zero-order chi connectivity index (χ0) is 13.4. The molecule has 6 nitrogen and oxygen atoms in total. The monoisotopic (exact) mass is 260 g/mol. The fourth-order valence-corrected chi connectivity index (χ4v) is 2.58. The number of hydrogen-bond donors (Lipinski definition) is 1. The van der Waals surface area contributed by atoms with Crippen molar-refractivity contribution >= 4 is 17.0 Å². The molecule has 2 heterocycles. The van der Waals surface area contributed by atoms with E-state index in [1.807, 2.05) is 4.68 Å². The van der Waals surface area contributed by atoms with Gasteiger partial charge in [-0.2, -0.15) is 0 Å². The molecule has 0 spiro atoms. The molecule has 1 aromatic carbocycles. The highest BCUT2D eigenvalue weighted by Crippen LogP contribution is 2.25. The third-order valence-corrected chi connectivity index (χ3v) is 3.75. The Morgan fingerprint density at radius 1 is 1.37 bits per heavy atom. The zero-order valence-electron chi connectivity index (χ0n) is 10.8. The van der Waals surface area contributed by atoms with Gasteiger partial charge in [-0.05, 0) is 51.2 Å². The average Bonchev–Trinajstić information content (AvgIpc) is 2.82. The van der Waals surface area contributed by atoms with E-state index in [-0.39, 0.29) is 5.56 Å². The predicted molar refractivity (Wildman–Crippen MR) is 70.3 cm³/mol. The van der Waals surface area contributed by atoms with Gasteiger partial charge in [0, 0.05) is 0 Å². The van der Waals surface area contributed by atoms with Gasteiger partial charge in [-0.15, -0.1) is 5.10 Å². The first-order valence-electron chi connectivity index (χ1n) is 6.42. The van der Waals surface area contributed by atoms with Crippen molar-refractivity contribution in [2.24, 2.45) is 0 Å². The molecule has 0 atom stereocenters. The van der Waals surface area contributed by atoms with Gasteiger partial charge in [0.25, 0.3) is 0 Å². The zero-order valence-corrected chi connectivity index (χ0v) is 10.8. The van der Waals surface area contributed by atoms with Crippen molar-refractivity contribution in [3.63, 3.8) is 0 Å². The van der Waals surface area contributed by atoms with Crippen LogP contribution in [0.25, 0.3) is 11.0 Å². The van der Waals surface area contributed by atoms with Crippen LogP contribution in [0.4, 0.5) is 0 Å². The number of aromatic nitrogens is 3. The van der Waals surface area contributed by atoms with Crippen LogP contribution in [-0.4, -0.2) is 51.1 Å². The second-order valence-electron chi connectivity index (χ2n) is 5.08. The van der Waals surface area contributed by atoms with Gasteiger partial charge in [0.05, 0.1) is 17.1 Å². The van der Waals surface area contributed by atoms with Crippen molar-refractivity contribution in [1.29, 1.82) is 0 Å². The molecule has 1 saturated heterocycles. The van der Waals surface area contributed by atoms with Crippen LogP contribution in [0.15, 0.2) is 18.2 Å². The molecule has 1 N–H and O–H groups in total. The van der Waals surface area contributed by atoms with Crippen LogP contribution in [0, 0.1) is 0 Å². The van der Waals surface area contributed by atoms with E-state index in [9.17, 15) is 4.79 Å². The van der Waals surface area contributed by atoms with Crippen molar-refractivity contribution in [3.05, 3.63) is 23.8 Å². The van der Waals surface area contributed by atoms with Crippen LogP contribution in [0.1, 0.15) is 29.2 Å². The lowest BCUT2D eigenvalue weighted by Crippen LogP contribution is -2.31. The summed E-state index contributed by atoms with van der Waals surface area (Å²) in [6, 6.07) is 5.26. The highest BCUT2D eigenvalue weighted by atomic mass is 16.4. The minimum atomic E-state index is -0.918. The fraction of sp³-hybridized carbons (Fsp3) is 0.462. The Hall–Kier alpha value is -1.95. The number of carbonyl (C=O) groups is 1. The van der Waals surface area contributed by atoms with E-state index in [1.54, 1.807) is 18.2 Å². The lowest BCUT2D eigenvalue weighted by atomic mass is 10.1. The number of rotatable bonds is 2. The van der Waals surface area contributed by atoms with Crippen LogP contribution in [-0.2, 0) is 0 Å². The van der Waals surface area contributed by atoms with E-state index in [1.165, 1.54) is 0 Å².